The Morgan fingerprint density at radius 1 is 1.09 bits per heavy atom. The molecule has 1 rings (SSSR count). The van der Waals surface area contributed by atoms with Crippen molar-refractivity contribution < 1.29 is 28.6 Å². The summed E-state index contributed by atoms with van der Waals surface area (Å²) in [6, 6.07) is 0. The van der Waals surface area contributed by atoms with Gasteiger partial charge in [-0.15, -0.1) is 0 Å². The van der Waals surface area contributed by atoms with Gasteiger partial charge in [0.1, 0.15) is 0 Å². The van der Waals surface area contributed by atoms with Crippen LogP contribution in [-0.4, -0.2) is 63.0 Å². The Morgan fingerprint density at radius 3 is 2.05 bits per heavy atom. The van der Waals surface area contributed by atoms with Crippen LogP contribution in [0, 0.1) is 0 Å². The van der Waals surface area contributed by atoms with E-state index in [1.165, 1.54) is 0 Å². The van der Waals surface area contributed by atoms with Gasteiger partial charge in [0, 0.05) is 0 Å². The Hall–Kier alpha value is -1.33. The maximum atomic E-state index is 12.6. The van der Waals surface area contributed by atoms with Crippen molar-refractivity contribution in [3.05, 3.63) is 11.3 Å². The van der Waals surface area contributed by atoms with E-state index in [0.29, 0.717) is 0 Å². The van der Waals surface area contributed by atoms with Crippen molar-refractivity contribution in [2.45, 2.75) is 23.5 Å². The fourth-order valence-electron chi connectivity index (χ4n) is 2.19. The zero-order chi connectivity index (χ0) is 17.1. The average Bonchev–Trinajstić information content (AvgIpc) is 2.87. The van der Waals surface area contributed by atoms with E-state index in [9.17, 15) is 14.4 Å². The van der Waals surface area contributed by atoms with Crippen LogP contribution in [0.3, 0.4) is 0 Å². The van der Waals surface area contributed by atoms with E-state index in [1.54, 1.807) is 6.92 Å². The van der Waals surface area contributed by atoms with Crippen LogP contribution in [0.2, 0.25) is 13.4 Å². The van der Waals surface area contributed by atoms with Gasteiger partial charge in [-0.1, -0.05) is 0 Å². The van der Waals surface area contributed by atoms with Gasteiger partial charge in [-0.3, -0.25) is 0 Å². The molecule has 22 heavy (non-hydrogen) atoms. The van der Waals surface area contributed by atoms with E-state index in [4.69, 9.17) is 9.47 Å². The van der Waals surface area contributed by atoms with Gasteiger partial charge < -0.3 is 0 Å². The molecule has 0 radical (unpaired) electrons. The number of methoxy groups -OCH3 is 2. The van der Waals surface area contributed by atoms with Crippen LogP contribution >= 0.6 is 0 Å². The van der Waals surface area contributed by atoms with Crippen LogP contribution in [0.1, 0.15) is 6.92 Å². The molecule has 1 atom stereocenters. The van der Waals surface area contributed by atoms with Gasteiger partial charge in [0.05, 0.1) is 0 Å². The minimum atomic E-state index is -3.50. The maximum absolute atomic E-state index is 12.6. The van der Waals surface area contributed by atoms with Crippen molar-refractivity contribution in [1.29, 1.82) is 0 Å². The van der Waals surface area contributed by atoms with E-state index in [0.717, 1.165) is 14.2 Å². The number of esters is 3. The summed E-state index contributed by atoms with van der Waals surface area (Å²) in [5, 5.41) is 7.80. The summed E-state index contributed by atoms with van der Waals surface area (Å²) in [4.78, 5) is 36.7. The third-order valence-corrected chi connectivity index (χ3v) is 13.9. The van der Waals surface area contributed by atoms with Gasteiger partial charge in [-0.05, 0) is 0 Å². The fourth-order valence-corrected chi connectivity index (χ4v) is 9.99. The molecule has 0 bridgehead atoms. The van der Waals surface area contributed by atoms with Crippen LogP contribution < -0.4 is 0 Å². The first-order chi connectivity index (χ1) is 10.2. The molecular formula is C13H20N2O6Pb. The van der Waals surface area contributed by atoms with Gasteiger partial charge in [0.25, 0.3) is 0 Å². The first-order valence-electron chi connectivity index (χ1n) is 6.68. The first kappa shape index (κ1) is 18.7. The Bertz CT molecular complexity index is 563. The van der Waals surface area contributed by atoms with Crippen molar-refractivity contribution in [3.63, 3.8) is 0 Å². The van der Waals surface area contributed by atoms with Gasteiger partial charge in [-0.25, -0.2) is 0 Å². The summed E-state index contributed by atoms with van der Waals surface area (Å²) in [6.45, 7) is 1.78. The second-order valence-electron chi connectivity index (χ2n) is 5.59. The van der Waals surface area contributed by atoms with Crippen molar-refractivity contribution in [2.24, 2.45) is 10.2 Å². The molecule has 0 saturated heterocycles. The van der Waals surface area contributed by atoms with E-state index in [1.807, 2.05) is 13.4 Å². The fraction of sp³-hybridized carbons (Fsp3) is 0.615. The SMILES string of the molecule is CCOC(=O)[C]1([Pb]([CH3])([CH3])[CH3])N=NC(C(=O)OC)=C1C(=O)OC. The summed E-state index contributed by atoms with van der Waals surface area (Å²) >= 11 is -3.50. The summed E-state index contributed by atoms with van der Waals surface area (Å²) in [6.07, 6.45) is 0. The standard InChI is InChI=1S/C10H11N2O6.3CH3.Pb/c1-4-18-10(15)7-5(8(13)16-2)6(11-12-7)9(14)17-3;;;;/h4H2,1-3H3;3*1H3;. The molecule has 8 nitrogen and oxygen atoms in total. The zero-order valence-corrected chi connectivity index (χ0v) is 17.4. The van der Waals surface area contributed by atoms with Gasteiger partial charge in [0.2, 0.25) is 0 Å². The topological polar surface area (TPSA) is 104 Å². The number of rotatable bonds is 5. The normalized spacial score (nSPS) is 20.8. The molecule has 1 aliphatic heterocycles. The van der Waals surface area contributed by atoms with Crippen molar-refractivity contribution in [2.75, 3.05) is 20.8 Å². The molecule has 0 aromatic rings. The third-order valence-electron chi connectivity index (χ3n) is 3.32. The van der Waals surface area contributed by atoms with Crippen LogP contribution in [-0.2, 0) is 28.6 Å². The summed E-state index contributed by atoms with van der Waals surface area (Å²) in [5.74, 6) is -2.34. The van der Waals surface area contributed by atoms with E-state index in [2.05, 4.69) is 15.0 Å². The summed E-state index contributed by atoms with van der Waals surface area (Å²) in [7, 11) is 2.32. The molecule has 122 valence electrons. The van der Waals surface area contributed by atoms with Gasteiger partial charge in [-0.2, -0.15) is 0 Å². The molecule has 0 saturated carbocycles. The molecule has 0 spiro atoms. The summed E-state index contributed by atoms with van der Waals surface area (Å²) < 4.78 is 18.7. The first-order valence-corrected chi connectivity index (χ1v) is 20.3. The minimum absolute atomic E-state index is 0.127. The average molecular weight is 508 g/mol. The number of carbonyl (C=O) groups excluding carboxylic acids is 3. The Balaban J connectivity index is 3.66. The number of ether oxygens (including phenoxy) is 3. The zero-order valence-electron chi connectivity index (χ0n) is 13.6. The van der Waals surface area contributed by atoms with Crippen molar-refractivity contribution in [3.8, 4) is 0 Å². The Morgan fingerprint density at radius 2 is 1.64 bits per heavy atom. The van der Waals surface area contributed by atoms with Crippen LogP contribution in [0.4, 0.5) is 0 Å². The van der Waals surface area contributed by atoms with Gasteiger partial charge >= 0.3 is 133 Å². The molecule has 0 N–H and O–H groups in total. The second kappa shape index (κ2) is 6.84. The number of nitrogens with zero attached hydrogens (tertiary/aromatic N) is 2. The van der Waals surface area contributed by atoms with Crippen LogP contribution in [0.5, 0.6) is 0 Å². The van der Waals surface area contributed by atoms with Crippen molar-refractivity contribution in [1.82, 2.24) is 0 Å². The Labute approximate surface area is 133 Å². The molecule has 0 amide bonds. The third kappa shape index (κ3) is 2.92. The molecule has 0 aromatic heterocycles. The number of hydrogen-bond acceptors (Lipinski definition) is 8. The predicted octanol–water partition coefficient (Wildman–Crippen LogP) is 1.23. The summed E-state index contributed by atoms with van der Waals surface area (Å²) in [5.41, 5.74) is -0.466. The van der Waals surface area contributed by atoms with Crippen molar-refractivity contribution >= 4 is 39.1 Å². The molecular weight excluding hydrogens is 487 g/mol. The van der Waals surface area contributed by atoms with Gasteiger partial charge in [0.15, 0.2) is 0 Å². The quantitative estimate of drug-likeness (QED) is 0.315. The monoisotopic (exact) mass is 508 g/mol. The second-order valence-corrected chi connectivity index (χ2v) is 25.9. The predicted molar refractivity (Wildman–Crippen MR) is 78.6 cm³/mol. The van der Waals surface area contributed by atoms with Crippen LogP contribution in [0.25, 0.3) is 0 Å². The van der Waals surface area contributed by atoms with E-state index >= 15 is 0 Å². The molecule has 0 fully saturated rings. The number of hydrogen-bond donors (Lipinski definition) is 0. The number of azo groups is 1. The molecule has 1 unspecified atom stereocenters. The Kier molecular flexibility index (Phi) is 5.82. The molecule has 9 heteroatoms. The molecule has 0 aromatic carbocycles. The van der Waals surface area contributed by atoms with Crippen LogP contribution in [0.15, 0.2) is 21.5 Å². The van der Waals surface area contributed by atoms with E-state index in [-0.39, 0.29) is 17.9 Å². The molecule has 1 aliphatic rings. The molecule has 1 heterocycles. The van der Waals surface area contributed by atoms with E-state index < -0.39 is 42.2 Å². The molecule has 0 aliphatic carbocycles. The number of carbonyl (C=O) groups is 3.